The first kappa shape index (κ1) is 11.7. The highest BCUT2D eigenvalue weighted by atomic mass is 16.3. The summed E-state index contributed by atoms with van der Waals surface area (Å²) >= 11 is 0. The van der Waals surface area contributed by atoms with Gasteiger partial charge in [-0.1, -0.05) is 18.2 Å². The first-order valence-corrected chi connectivity index (χ1v) is 6.24. The van der Waals surface area contributed by atoms with Gasteiger partial charge in [0.05, 0.1) is 11.0 Å². The number of H-pyrrole nitrogens is 1. The Balaban J connectivity index is 2.05. The molecule has 0 bridgehead atoms. The largest absolute Gasteiger partial charge is 0.508 e. The van der Waals surface area contributed by atoms with Gasteiger partial charge >= 0.3 is 0 Å². The molecule has 19 heavy (non-hydrogen) atoms. The fourth-order valence-electron chi connectivity index (χ4n) is 2.18. The summed E-state index contributed by atoms with van der Waals surface area (Å²) in [6.07, 6.45) is 0.856. The zero-order valence-corrected chi connectivity index (χ0v) is 10.4. The average molecular weight is 253 g/mol. The highest BCUT2D eigenvalue weighted by Gasteiger charge is 2.06. The van der Waals surface area contributed by atoms with E-state index in [1.807, 2.05) is 12.1 Å². The summed E-state index contributed by atoms with van der Waals surface area (Å²) in [6, 6.07) is 13.3. The molecule has 0 unspecified atom stereocenters. The molecular weight excluding hydrogens is 238 g/mol. The molecule has 1 heterocycles. The normalized spacial score (nSPS) is 11.0. The van der Waals surface area contributed by atoms with Crippen molar-refractivity contribution in [1.82, 2.24) is 9.97 Å². The summed E-state index contributed by atoms with van der Waals surface area (Å²) in [6.45, 7) is 0.636. The second-order valence-corrected chi connectivity index (χ2v) is 4.53. The van der Waals surface area contributed by atoms with Crippen LogP contribution < -0.4 is 5.73 Å². The number of nitrogens with one attached hydrogen (secondary N) is 1. The number of phenolic OH excluding ortho intramolecular Hbond substituents is 1. The molecule has 0 atom stereocenters. The van der Waals surface area contributed by atoms with Crippen LogP contribution in [-0.4, -0.2) is 21.6 Å². The van der Waals surface area contributed by atoms with Crippen LogP contribution in [0.5, 0.6) is 5.75 Å². The van der Waals surface area contributed by atoms with Crippen LogP contribution in [0.2, 0.25) is 0 Å². The lowest BCUT2D eigenvalue weighted by atomic mass is 10.1. The zero-order chi connectivity index (χ0) is 13.2. The molecular formula is C15H15N3O. The molecule has 0 aliphatic heterocycles. The maximum atomic E-state index is 9.46. The number of aromatic hydroxyl groups is 1. The smallest absolute Gasteiger partial charge is 0.138 e. The third-order valence-corrected chi connectivity index (χ3v) is 3.10. The number of imidazole rings is 1. The maximum Gasteiger partial charge on any atom is 0.138 e. The number of hydrogen-bond donors (Lipinski definition) is 3. The minimum Gasteiger partial charge on any atom is -0.508 e. The molecule has 0 saturated carbocycles. The van der Waals surface area contributed by atoms with Gasteiger partial charge in [0.15, 0.2) is 0 Å². The molecule has 0 radical (unpaired) electrons. The van der Waals surface area contributed by atoms with Crippen LogP contribution in [0.4, 0.5) is 0 Å². The third-order valence-electron chi connectivity index (χ3n) is 3.10. The van der Waals surface area contributed by atoms with Crippen LogP contribution in [0.25, 0.3) is 22.4 Å². The van der Waals surface area contributed by atoms with Gasteiger partial charge in [-0.25, -0.2) is 4.98 Å². The first-order chi connectivity index (χ1) is 9.26. The average Bonchev–Trinajstić information content (AvgIpc) is 2.82. The van der Waals surface area contributed by atoms with Crippen molar-refractivity contribution in [1.29, 1.82) is 0 Å². The Kier molecular flexibility index (Phi) is 2.93. The lowest BCUT2D eigenvalue weighted by Gasteiger charge is -2.01. The number of rotatable bonds is 3. The van der Waals surface area contributed by atoms with E-state index >= 15 is 0 Å². The van der Waals surface area contributed by atoms with Crippen LogP contribution in [0.1, 0.15) is 5.56 Å². The molecule has 0 spiro atoms. The number of fused-ring (bicyclic) bond motifs is 1. The summed E-state index contributed by atoms with van der Waals surface area (Å²) in [4.78, 5) is 7.75. The monoisotopic (exact) mass is 253 g/mol. The Labute approximate surface area is 110 Å². The van der Waals surface area contributed by atoms with Crippen LogP contribution in [-0.2, 0) is 6.42 Å². The standard InChI is InChI=1S/C15H15N3O/c16-7-6-10-2-1-3-11(8-10)15-17-13-5-4-12(19)9-14(13)18-15/h1-5,8-9,19H,6-7,16H2,(H,17,18). The van der Waals surface area contributed by atoms with Gasteiger partial charge in [-0.2, -0.15) is 0 Å². The number of nitrogens with two attached hydrogens (primary N) is 1. The number of aromatic amines is 1. The van der Waals surface area contributed by atoms with Crippen LogP contribution in [0.3, 0.4) is 0 Å². The number of aromatic nitrogens is 2. The van der Waals surface area contributed by atoms with Crippen molar-refractivity contribution in [3.63, 3.8) is 0 Å². The lowest BCUT2D eigenvalue weighted by molar-refractivity contribution is 0.476. The van der Waals surface area contributed by atoms with E-state index < -0.39 is 0 Å². The van der Waals surface area contributed by atoms with Crippen molar-refractivity contribution in [2.45, 2.75) is 6.42 Å². The van der Waals surface area contributed by atoms with Crippen LogP contribution in [0.15, 0.2) is 42.5 Å². The Bertz CT molecular complexity index is 718. The van der Waals surface area contributed by atoms with Crippen molar-refractivity contribution < 1.29 is 5.11 Å². The Morgan fingerprint density at radius 2 is 2.05 bits per heavy atom. The Morgan fingerprint density at radius 1 is 1.16 bits per heavy atom. The number of benzene rings is 2. The van der Waals surface area contributed by atoms with Gasteiger partial charge < -0.3 is 15.8 Å². The molecule has 0 aliphatic rings. The topological polar surface area (TPSA) is 74.9 Å². The summed E-state index contributed by atoms with van der Waals surface area (Å²) in [5.41, 5.74) is 9.48. The van der Waals surface area contributed by atoms with Gasteiger partial charge in [-0.15, -0.1) is 0 Å². The van der Waals surface area contributed by atoms with E-state index in [2.05, 4.69) is 22.1 Å². The molecule has 96 valence electrons. The number of phenols is 1. The highest BCUT2D eigenvalue weighted by molar-refractivity contribution is 5.80. The molecule has 1 aromatic heterocycles. The summed E-state index contributed by atoms with van der Waals surface area (Å²) in [5.74, 6) is 1.04. The van der Waals surface area contributed by atoms with Gasteiger partial charge in [0, 0.05) is 11.6 Å². The molecule has 0 amide bonds. The predicted molar refractivity (Wildman–Crippen MR) is 76.0 cm³/mol. The molecule has 4 heteroatoms. The second-order valence-electron chi connectivity index (χ2n) is 4.53. The fraction of sp³-hybridized carbons (Fsp3) is 0.133. The third kappa shape index (κ3) is 2.30. The highest BCUT2D eigenvalue weighted by Crippen LogP contribution is 2.23. The predicted octanol–water partition coefficient (Wildman–Crippen LogP) is 2.44. The molecule has 4 nitrogen and oxygen atoms in total. The molecule has 0 saturated heterocycles. The molecule has 3 rings (SSSR count). The van der Waals surface area contributed by atoms with Crippen molar-refractivity contribution in [2.24, 2.45) is 5.73 Å². The van der Waals surface area contributed by atoms with Gasteiger partial charge in [-0.3, -0.25) is 0 Å². The van der Waals surface area contributed by atoms with E-state index in [0.29, 0.717) is 6.54 Å². The van der Waals surface area contributed by atoms with E-state index in [0.717, 1.165) is 28.8 Å². The van der Waals surface area contributed by atoms with Gasteiger partial charge in [0.1, 0.15) is 11.6 Å². The molecule has 3 aromatic rings. The minimum atomic E-state index is 0.236. The molecule has 0 fully saturated rings. The van der Waals surface area contributed by atoms with Crippen molar-refractivity contribution >= 4 is 11.0 Å². The van der Waals surface area contributed by atoms with Crippen molar-refractivity contribution in [3.05, 3.63) is 48.0 Å². The Hall–Kier alpha value is -2.33. The summed E-state index contributed by atoms with van der Waals surface area (Å²) in [7, 11) is 0. The van der Waals surface area contributed by atoms with Crippen LogP contribution >= 0.6 is 0 Å². The first-order valence-electron chi connectivity index (χ1n) is 6.24. The van der Waals surface area contributed by atoms with E-state index in [-0.39, 0.29) is 5.75 Å². The Morgan fingerprint density at radius 3 is 2.89 bits per heavy atom. The van der Waals surface area contributed by atoms with Gasteiger partial charge in [0.2, 0.25) is 0 Å². The minimum absolute atomic E-state index is 0.236. The second kappa shape index (κ2) is 4.74. The van der Waals surface area contributed by atoms with Crippen molar-refractivity contribution in [2.75, 3.05) is 6.54 Å². The number of hydrogen-bond acceptors (Lipinski definition) is 3. The maximum absolute atomic E-state index is 9.46. The van der Waals surface area contributed by atoms with Crippen LogP contribution in [0, 0.1) is 0 Å². The van der Waals surface area contributed by atoms with E-state index in [1.54, 1.807) is 18.2 Å². The van der Waals surface area contributed by atoms with Crippen molar-refractivity contribution in [3.8, 4) is 17.1 Å². The molecule has 0 aliphatic carbocycles. The van der Waals surface area contributed by atoms with E-state index in [4.69, 9.17) is 5.73 Å². The van der Waals surface area contributed by atoms with E-state index in [1.165, 1.54) is 5.56 Å². The van der Waals surface area contributed by atoms with Gasteiger partial charge in [-0.05, 0) is 36.7 Å². The van der Waals surface area contributed by atoms with Gasteiger partial charge in [0.25, 0.3) is 0 Å². The zero-order valence-electron chi connectivity index (χ0n) is 10.4. The quantitative estimate of drug-likeness (QED) is 0.671. The molecule has 2 aromatic carbocycles. The summed E-state index contributed by atoms with van der Waals surface area (Å²) < 4.78 is 0. The fourth-order valence-corrected chi connectivity index (χ4v) is 2.18. The SMILES string of the molecule is NCCc1cccc(-c2nc3ccc(O)cc3[nH]2)c1. The lowest BCUT2D eigenvalue weighted by Crippen LogP contribution is -2.02. The molecule has 4 N–H and O–H groups in total. The summed E-state index contributed by atoms with van der Waals surface area (Å²) in [5, 5.41) is 9.46. The number of nitrogens with zero attached hydrogens (tertiary/aromatic N) is 1. The van der Waals surface area contributed by atoms with E-state index in [9.17, 15) is 5.11 Å².